The van der Waals surface area contributed by atoms with Crippen molar-refractivity contribution in [1.29, 1.82) is 0 Å². The molecule has 1 saturated heterocycles. The van der Waals surface area contributed by atoms with Crippen LogP contribution in [0.15, 0.2) is 0 Å². The number of halogens is 3. The Hall–Kier alpha value is -0.330. The summed E-state index contributed by atoms with van der Waals surface area (Å²) >= 11 is 0. The largest absolute Gasteiger partial charge is 0.389 e. The van der Waals surface area contributed by atoms with E-state index in [1.807, 2.05) is 14.0 Å². The number of likely N-dealkylation sites (N-methyl/N-ethyl adjacent to an activating group) is 1. The van der Waals surface area contributed by atoms with Crippen molar-refractivity contribution in [3.05, 3.63) is 0 Å². The lowest BCUT2D eigenvalue weighted by Crippen LogP contribution is -2.46. The summed E-state index contributed by atoms with van der Waals surface area (Å²) in [5, 5.41) is 3.24. The summed E-state index contributed by atoms with van der Waals surface area (Å²) in [6.07, 6.45) is -3.85. The van der Waals surface area contributed by atoms with Crippen LogP contribution in [-0.2, 0) is 4.74 Å². The van der Waals surface area contributed by atoms with Gasteiger partial charge in [-0.1, -0.05) is 0 Å². The van der Waals surface area contributed by atoms with Gasteiger partial charge in [0.25, 0.3) is 0 Å². The van der Waals surface area contributed by atoms with Gasteiger partial charge in [-0.3, -0.25) is 0 Å². The molecule has 1 fully saturated rings. The molecule has 3 nitrogen and oxygen atoms in total. The average Bonchev–Trinajstić information content (AvgIpc) is 2.25. The smallest absolute Gasteiger partial charge is 0.374 e. The molecule has 108 valence electrons. The van der Waals surface area contributed by atoms with E-state index in [-0.39, 0.29) is 18.6 Å². The zero-order valence-electron chi connectivity index (χ0n) is 11.1. The number of ether oxygens (including phenoxy) is 1. The molecule has 2 unspecified atom stereocenters. The highest BCUT2D eigenvalue weighted by Crippen LogP contribution is 2.22. The van der Waals surface area contributed by atoms with Crippen LogP contribution in [-0.4, -0.2) is 56.5 Å². The van der Waals surface area contributed by atoms with Crippen LogP contribution in [0.25, 0.3) is 0 Å². The van der Waals surface area contributed by atoms with Crippen LogP contribution in [0.1, 0.15) is 26.2 Å². The average molecular weight is 268 g/mol. The molecule has 2 atom stereocenters. The molecule has 1 aliphatic heterocycles. The molecule has 0 bridgehead atoms. The SMILES string of the molecule is CC(CCCC(F)(F)F)NCC1CN(C)CCO1. The second-order valence-corrected chi connectivity index (χ2v) is 5.07. The fourth-order valence-electron chi connectivity index (χ4n) is 2.03. The number of nitrogens with zero attached hydrogens (tertiary/aromatic N) is 1. The molecule has 0 spiro atoms. The van der Waals surface area contributed by atoms with E-state index in [4.69, 9.17) is 4.74 Å². The Morgan fingerprint density at radius 3 is 2.78 bits per heavy atom. The second-order valence-electron chi connectivity index (χ2n) is 5.07. The Labute approximate surface area is 107 Å². The highest BCUT2D eigenvalue weighted by Gasteiger charge is 2.26. The van der Waals surface area contributed by atoms with Crippen molar-refractivity contribution < 1.29 is 17.9 Å². The number of hydrogen-bond donors (Lipinski definition) is 1. The van der Waals surface area contributed by atoms with Crippen molar-refractivity contribution in [2.75, 3.05) is 33.3 Å². The first-order valence-corrected chi connectivity index (χ1v) is 6.47. The quantitative estimate of drug-likeness (QED) is 0.797. The summed E-state index contributed by atoms with van der Waals surface area (Å²) in [4.78, 5) is 2.20. The molecule has 6 heteroatoms. The molecule has 1 rings (SSSR count). The molecule has 0 saturated carbocycles. The summed E-state index contributed by atoms with van der Waals surface area (Å²) in [5.41, 5.74) is 0. The molecule has 1 aliphatic rings. The highest BCUT2D eigenvalue weighted by atomic mass is 19.4. The van der Waals surface area contributed by atoms with Gasteiger partial charge < -0.3 is 15.0 Å². The fraction of sp³-hybridized carbons (Fsp3) is 1.00. The van der Waals surface area contributed by atoms with Gasteiger partial charge in [-0.2, -0.15) is 13.2 Å². The predicted molar refractivity (Wildman–Crippen MR) is 64.6 cm³/mol. The third kappa shape index (κ3) is 7.18. The van der Waals surface area contributed by atoms with Gasteiger partial charge in [0.15, 0.2) is 0 Å². The number of alkyl halides is 3. The number of morpholine rings is 1. The first-order valence-electron chi connectivity index (χ1n) is 6.47. The Bertz CT molecular complexity index is 236. The fourth-order valence-corrected chi connectivity index (χ4v) is 2.03. The van der Waals surface area contributed by atoms with Gasteiger partial charge in [-0.05, 0) is 26.8 Å². The minimum atomic E-state index is -4.03. The van der Waals surface area contributed by atoms with Gasteiger partial charge in [0.2, 0.25) is 0 Å². The van der Waals surface area contributed by atoms with Crippen LogP contribution in [0.5, 0.6) is 0 Å². The standard InChI is InChI=1S/C12H23F3N2O/c1-10(4-3-5-12(13,14)15)16-8-11-9-17(2)6-7-18-11/h10-11,16H,3-9H2,1-2H3. The molecule has 0 aliphatic carbocycles. The lowest BCUT2D eigenvalue weighted by Gasteiger charge is -2.31. The van der Waals surface area contributed by atoms with Crippen LogP contribution < -0.4 is 5.32 Å². The Balaban J connectivity index is 2.07. The zero-order chi connectivity index (χ0) is 13.6. The predicted octanol–water partition coefficient (Wildman–Crippen LogP) is 2.03. The normalized spacial score (nSPS) is 24.2. The summed E-state index contributed by atoms with van der Waals surface area (Å²) in [6, 6.07) is 0.100. The van der Waals surface area contributed by atoms with Crippen molar-refractivity contribution in [3.8, 4) is 0 Å². The van der Waals surface area contributed by atoms with E-state index in [0.29, 0.717) is 13.0 Å². The van der Waals surface area contributed by atoms with Crippen molar-refractivity contribution in [1.82, 2.24) is 10.2 Å². The van der Waals surface area contributed by atoms with Crippen molar-refractivity contribution in [2.24, 2.45) is 0 Å². The second kappa shape index (κ2) is 7.31. The van der Waals surface area contributed by atoms with Crippen LogP contribution in [0, 0.1) is 0 Å². The molecule has 1 N–H and O–H groups in total. The molecule has 0 aromatic heterocycles. The van der Waals surface area contributed by atoms with E-state index in [0.717, 1.165) is 19.7 Å². The minimum absolute atomic E-state index is 0.100. The van der Waals surface area contributed by atoms with E-state index in [2.05, 4.69) is 10.2 Å². The van der Waals surface area contributed by atoms with Gasteiger partial charge in [0.1, 0.15) is 0 Å². The molecular formula is C12H23F3N2O. The third-order valence-corrected chi connectivity index (χ3v) is 3.13. The van der Waals surface area contributed by atoms with Gasteiger partial charge in [0.05, 0.1) is 12.7 Å². The molecule has 0 aromatic carbocycles. The molecule has 0 aromatic rings. The van der Waals surface area contributed by atoms with Crippen molar-refractivity contribution >= 4 is 0 Å². The summed E-state index contributed by atoms with van der Waals surface area (Å²) < 4.78 is 41.5. The Kier molecular flexibility index (Phi) is 6.38. The van der Waals surface area contributed by atoms with E-state index in [1.54, 1.807) is 0 Å². The maximum atomic E-state index is 12.0. The number of nitrogens with one attached hydrogen (secondary N) is 1. The van der Waals surface area contributed by atoms with Crippen LogP contribution in [0.2, 0.25) is 0 Å². The van der Waals surface area contributed by atoms with Crippen LogP contribution in [0.3, 0.4) is 0 Å². The van der Waals surface area contributed by atoms with E-state index in [9.17, 15) is 13.2 Å². The zero-order valence-corrected chi connectivity index (χ0v) is 11.1. The lowest BCUT2D eigenvalue weighted by atomic mass is 10.1. The summed E-state index contributed by atoms with van der Waals surface area (Å²) in [7, 11) is 2.04. The summed E-state index contributed by atoms with van der Waals surface area (Å²) in [6.45, 7) is 5.17. The van der Waals surface area contributed by atoms with Crippen molar-refractivity contribution in [3.63, 3.8) is 0 Å². The summed E-state index contributed by atoms with van der Waals surface area (Å²) in [5.74, 6) is 0. The first kappa shape index (κ1) is 15.7. The molecular weight excluding hydrogens is 245 g/mol. The molecule has 0 amide bonds. The van der Waals surface area contributed by atoms with Gasteiger partial charge in [-0.15, -0.1) is 0 Å². The first-order chi connectivity index (χ1) is 8.37. The number of rotatable bonds is 6. The Morgan fingerprint density at radius 2 is 2.17 bits per heavy atom. The van der Waals surface area contributed by atoms with E-state index in [1.165, 1.54) is 0 Å². The number of hydrogen-bond acceptors (Lipinski definition) is 3. The monoisotopic (exact) mass is 268 g/mol. The van der Waals surface area contributed by atoms with E-state index < -0.39 is 12.6 Å². The molecule has 0 radical (unpaired) electrons. The van der Waals surface area contributed by atoms with Gasteiger partial charge in [-0.25, -0.2) is 0 Å². The van der Waals surface area contributed by atoms with Crippen molar-refractivity contribution in [2.45, 2.75) is 44.5 Å². The highest BCUT2D eigenvalue weighted by molar-refractivity contribution is 4.73. The maximum absolute atomic E-state index is 12.0. The van der Waals surface area contributed by atoms with Crippen LogP contribution >= 0.6 is 0 Å². The molecule has 18 heavy (non-hydrogen) atoms. The van der Waals surface area contributed by atoms with Gasteiger partial charge in [0, 0.05) is 32.1 Å². The Morgan fingerprint density at radius 1 is 1.44 bits per heavy atom. The minimum Gasteiger partial charge on any atom is -0.374 e. The van der Waals surface area contributed by atoms with Gasteiger partial charge >= 0.3 is 6.18 Å². The maximum Gasteiger partial charge on any atom is 0.389 e. The lowest BCUT2D eigenvalue weighted by molar-refractivity contribution is -0.135. The van der Waals surface area contributed by atoms with E-state index >= 15 is 0 Å². The molecule has 1 heterocycles. The topological polar surface area (TPSA) is 24.5 Å². The third-order valence-electron chi connectivity index (χ3n) is 3.13. The van der Waals surface area contributed by atoms with Crippen LogP contribution in [0.4, 0.5) is 13.2 Å².